The molecule has 1 saturated heterocycles. The maximum absolute atomic E-state index is 16.5. The number of nitrogens with zero attached hydrogens (tertiary/aromatic N) is 4. The molecule has 2 amide bonds. The number of pyridine rings is 1. The molecular formula is C40H48FN5O5S. The number of ether oxygens (including phenoxy) is 1. The highest BCUT2D eigenvalue weighted by Gasteiger charge is 2.37. The third-order valence-electron chi connectivity index (χ3n) is 11.1. The summed E-state index contributed by atoms with van der Waals surface area (Å²) >= 11 is 0. The Kier molecular flexibility index (Phi) is 10.7. The molecule has 10 nitrogen and oxygen atoms in total. The van der Waals surface area contributed by atoms with Crippen LogP contribution in [0.2, 0.25) is 0 Å². The van der Waals surface area contributed by atoms with Crippen molar-refractivity contribution in [2.24, 2.45) is 0 Å². The van der Waals surface area contributed by atoms with Crippen molar-refractivity contribution in [3.05, 3.63) is 77.7 Å². The molecule has 2 aliphatic carbocycles. The Morgan fingerprint density at radius 3 is 2.35 bits per heavy atom. The molecule has 2 aromatic heterocycles. The van der Waals surface area contributed by atoms with Gasteiger partial charge in [-0.3, -0.25) is 9.59 Å². The highest BCUT2D eigenvalue weighted by atomic mass is 32.2. The summed E-state index contributed by atoms with van der Waals surface area (Å²) in [5.74, 6) is -0.537. The first-order valence-electron chi connectivity index (χ1n) is 18.8. The minimum Gasteiger partial charge on any atom is -0.439 e. The predicted molar refractivity (Wildman–Crippen MR) is 199 cm³/mol. The molecule has 0 radical (unpaired) electrons. The number of hydrogen-bond acceptors (Lipinski definition) is 7. The van der Waals surface area contributed by atoms with Crippen LogP contribution >= 0.6 is 0 Å². The highest BCUT2D eigenvalue weighted by Crippen LogP contribution is 2.45. The molecule has 2 saturated carbocycles. The van der Waals surface area contributed by atoms with Crippen molar-refractivity contribution in [3.63, 3.8) is 0 Å². The van der Waals surface area contributed by atoms with E-state index < -0.39 is 27.0 Å². The van der Waals surface area contributed by atoms with Crippen molar-refractivity contribution in [2.45, 2.75) is 95.4 Å². The number of halogens is 1. The van der Waals surface area contributed by atoms with Gasteiger partial charge in [-0.2, -0.15) is 0 Å². The minimum atomic E-state index is -3.78. The number of carbonyl (C=O) groups is 2. The van der Waals surface area contributed by atoms with E-state index in [0.717, 1.165) is 69.0 Å². The predicted octanol–water partition coefficient (Wildman–Crippen LogP) is 7.24. The summed E-state index contributed by atoms with van der Waals surface area (Å²) in [5.41, 5.74) is 2.67. The molecule has 4 aromatic rings. The number of amides is 2. The van der Waals surface area contributed by atoms with E-state index in [1.54, 1.807) is 48.7 Å². The van der Waals surface area contributed by atoms with E-state index >= 15 is 4.39 Å². The zero-order chi connectivity index (χ0) is 36.4. The summed E-state index contributed by atoms with van der Waals surface area (Å²) in [4.78, 5) is 36.2. The second kappa shape index (κ2) is 15.4. The van der Waals surface area contributed by atoms with Crippen molar-refractivity contribution in [3.8, 4) is 22.9 Å². The number of carbonyl (C=O) groups excluding carboxylic acids is 2. The van der Waals surface area contributed by atoms with Gasteiger partial charge in [0.05, 0.1) is 16.5 Å². The number of benzene rings is 2. The number of rotatable bonds is 12. The van der Waals surface area contributed by atoms with E-state index in [4.69, 9.17) is 4.74 Å². The Bertz CT molecular complexity index is 2030. The number of sulfonamides is 1. The first kappa shape index (κ1) is 36.1. The normalized spacial score (nSPS) is 17.5. The third kappa shape index (κ3) is 7.59. The average Bonchev–Trinajstić information content (AvgIpc) is 3.98. The van der Waals surface area contributed by atoms with Crippen LogP contribution in [0.25, 0.3) is 22.2 Å². The molecule has 1 aliphatic heterocycles. The van der Waals surface area contributed by atoms with Gasteiger partial charge in [0.1, 0.15) is 18.1 Å². The Labute approximate surface area is 305 Å². The zero-order valence-corrected chi connectivity index (χ0v) is 30.8. The quantitative estimate of drug-likeness (QED) is 0.164. The number of likely N-dealkylation sites (tertiary alicyclic amines) is 1. The molecule has 276 valence electrons. The number of aromatic nitrogens is 2. The van der Waals surface area contributed by atoms with Crippen molar-refractivity contribution >= 4 is 32.7 Å². The van der Waals surface area contributed by atoms with Gasteiger partial charge in [0, 0.05) is 54.0 Å². The second-order valence-electron chi connectivity index (χ2n) is 14.3. The first-order chi connectivity index (χ1) is 25.2. The lowest BCUT2D eigenvalue weighted by molar-refractivity contribution is -0.133. The van der Waals surface area contributed by atoms with Crippen molar-refractivity contribution in [1.82, 2.24) is 24.1 Å². The summed E-state index contributed by atoms with van der Waals surface area (Å²) in [6, 6.07) is 15.6. The smallest absolute Gasteiger partial charge is 0.264 e. The molecule has 1 N–H and O–H groups in total. The maximum Gasteiger partial charge on any atom is 0.264 e. The third-order valence-corrected chi connectivity index (χ3v) is 12.9. The van der Waals surface area contributed by atoms with Crippen molar-refractivity contribution in [1.29, 1.82) is 0 Å². The summed E-state index contributed by atoms with van der Waals surface area (Å²) in [6.45, 7) is 7.46. The molecule has 0 spiro atoms. The fourth-order valence-corrected chi connectivity index (χ4v) is 9.46. The number of piperidine rings is 1. The van der Waals surface area contributed by atoms with E-state index in [9.17, 15) is 18.0 Å². The summed E-state index contributed by atoms with van der Waals surface area (Å²) in [5, 5.41) is 0.286. The summed E-state index contributed by atoms with van der Waals surface area (Å²) in [7, 11) is -3.78. The number of hydrogen-bond donors (Lipinski definition) is 1. The molecule has 3 aliphatic rings. The largest absolute Gasteiger partial charge is 0.439 e. The van der Waals surface area contributed by atoms with Crippen LogP contribution in [0.15, 0.2) is 60.8 Å². The van der Waals surface area contributed by atoms with E-state index in [1.165, 1.54) is 6.07 Å². The standard InChI is InChI=1S/C40H48FN5O5S/c1-3-44(4-2)29-19-22-45(23-20-29)37(47)26-46-35-24-28(40(48)43-52(49,50)31-15-16-31)13-17-33(35)38(27-10-6-5-7-11-27)39(46)32-18-14-30(25-34(32)41)51-36-12-8-9-21-42-36/h8-9,12-14,17-18,21,24-25,27,29,31H,3-7,10-11,15-16,19-20,22-23,26H2,1-2H3,(H,43,48). The lowest BCUT2D eigenvalue weighted by atomic mass is 9.81. The van der Waals surface area contributed by atoms with Gasteiger partial charge in [-0.1, -0.05) is 45.2 Å². The average molecular weight is 730 g/mol. The molecule has 52 heavy (non-hydrogen) atoms. The van der Waals surface area contributed by atoms with Gasteiger partial charge in [-0.05, 0) is 93.4 Å². The Morgan fingerprint density at radius 2 is 1.69 bits per heavy atom. The van der Waals surface area contributed by atoms with E-state index in [2.05, 4.69) is 28.5 Å². The van der Waals surface area contributed by atoms with Gasteiger partial charge in [-0.15, -0.1) is 0 Å². The monoisotopic (exact) mass is 729 g/mol. The van der Waals surface area contributed by atoms with Crippen LogP contribution in [0.4, 0.5) is 4.39 Å². The Balaban J connectivity index is 1.32. The Hall–Kier alpha value is -4.29. The molecular weight excluding hydrogens is 682 g/mol. The van der Waals surface area contributed by atoms with Gasteiger partial charge in [0.15, 0.2) is 0 Å². The maximum atomic E-state index is 16.5. The molecule has 3 fully saturated rings. The van der Waals surface area contributed by atoms with E-state index in [1.807, 2.05) is 15.5 Å². The Morgan fingerprint density at radius 1 is 0.942 bits per heavy atom. The second-order valence-corrected chi connectivity index (χ2v) is 16.3. The van der Waals surface area contributed by atoms with Crippen LogP contribution in [-0.4, -0.2) is 77.1 Å². The molecule has 0 atom stereocenters. The van der Waals surface area contributed by atoms with Crippen LogP contribution < -0.4 is 9.46 Å². The van der Waals surface area contributed by atoms with Gasteiger partial charge < -0.3 is 19.1 Å². The highest BCUT2D eigenvalue weighted by molar-refractivity contribution is 7.91. The van der Waals surface area contributed by atoms with Gasteiger partial charge in [0.2, 0.25) is 21.8 Å². The number of nitrogens with one attached hydrogen (secondary N) is 1. The van der Waals surface area contributed by atoms with E-state index in [0.29, 0.717) is 60.4 Å². The van der Waals surface area contributed by atoms with Crippen LogP contribution in [0.5, 0.6) is 11.6 Å². The lowest BCUT2D eigenvalue weighted by Gasteiger charge is -2.37. The summed E-state index contributed by atoms with van der Waals surface area (Å²) in [6.07, 6.45) is 9.47. The van der Waals surface area contributed by atoms with Gasteiger partial charge in [-0.25, -0.2) is 22.5 Å². The lowest BCUT2D eigenvalue weighted by Crippen LogP contribution is -2.47. The molecule has 0 bridgehead atoms. The number of fused-ring (bicyclic) bond motifs is 1. The molecule has 3 heterocycles. The SMILES string of the molecule is CCN(CC)C1CCN(C(=O)Cn2c(-c3ccc(Oc4ccccn4)cc3F)c(C3CCCCC3)c3ccc(C(=O)NS(=O)(=O)C4CC4)cc32)CC1. The fourth-order valence-electron chi connectivity index (χ4n) is 8.16. The molecule has 7 rings (SSSR count). The molecule has 12 heteroatoms. The zero-order valence-electron chi connectivity index (χ0n) is 30.0. The van der Waals surface area contributed by atoms with Crippen LogP contribution in [0, 0.1) is 5.82 Å². The topological polar surface area (TPSA) is 114 Å². The summed E-state index contributed by atoms with van der Waals surface area (Å²) < 4.78 is 51.9. The van der Waals surface area contributed by atoms with Crippen molar-refractivity contribution < 1.29 is 27.1 Å². The van der Waals surface area contributed by atoms with E-state index in [-0.39, 0.29) is 23.9 Å². The fraction of sp³-hybridized carbons (Fsp3) is 0.475. The van der Waals surface area contributed by atoms with Crippen LogP contribution in [-0.2, 0) is 21.4 Å². The van der Waals surface area contributed by atoms with Crippen LogP contribution in [0.1, 0.15) is 93.5 Å². The van der Waals surface area contributed by atoms with Crippen LogP contribution in [0.3, 0.4) is 0 Å². The minimum absolute atomic E-state index is 0.0500. The van der Waals surface area contributed by atoms with Crippen molar-refractivity contribution in [2.75, 3.05) is 26.2 Å². The van der Waals surface area contributed by atoms with Gasteiger partial charge in [0.25, 0.3) is 5.91 Å². The van der Waals surface area contributed by atoms with Gasteiger partial charge >= 0.3 is 0 Å². The first-order valence-corrected chi connectivity index (χ1v) is 20.3. The molecule has 0 unspecified atom stereocenters. The molecule has 2 aromatic carbocycles.